The third kappa shape index (κ3) is 27.8. The van der Waals surface area contributed by atoms with Crippen molar-refractivity contribution in [1.82, 2.24) is 0 Å². The van der Waals surface area contributed by atoms with Crippen molar-refractivity contribution in [3.63, 3.8) is 0 Å². The zero-order valence-corrected chi connectivity index (χ0v) is 10.1. The first-order valence-corrected chi connectivity index (χ1v) is 5.40. The maximum Gasteiger partial charge on any atom is 3.00 e. The Hall–Kier alpha value is 0.917. The standard InChI is InChI=1S/C4H11OSi.2CH3.Au/c1-5-6(2,3)4;;;/h1H2,2-4H3;2*1H3;/q3*-1;+3. The van der Waals surface area contributed by atoms with Crippen LogP contribution in [0.2, 0.25) is 19.6 Å². The molecule has 0 saturated heterocycles. The maximum atomic E-state index is 4.83. The summed E-state index contributed by atoms with van der Waals surface area (Å²) in [6.07, 6.45) is 0. The molecule has 1 nitrogen and oxygen atoms in total. The summed E-state index contributed by atoms with van der Waals surface area (Å²) in [4.78, 5) is 0. The second-order valence-corrected chi connectivity index (χ2v) is 6.77. The molecule has 0 aromatic rings. The monoisotopic (exact) mass is 330 g/mol. The van der Waals surface area contributed by atoms with Gasteiger partial charge < -0.3 is 19.3 Å². The molecule has 0 fully saturated rings. The molecule has 0 saturated carbocycles. The largest absolute Gasteiger partial charge is 3.00 e. The first kappa shape index (κ1) is 22.5. The molecular weight excluding hydrogens is 313 g/mol. The predicted octanol–water partition coefficient (Wildman–Crippen LogP) is 2.53. The van der Waals surface area contributed by atoms with E-state index in [-0.39, 0.29) is 37.2 Å². The molecule has 0 aromatic carbocycles. The van der Waals surface area contributed by atoms with Crippen LogP contribution in [0, 0.1) is 22.0 Å². The molecule has 0 aliphatic heterocycles. The molecular formula is C6H17AuOSi. The molecule has 0 radical (unpaired) electrons. The fourth-order valence-corrected chi connectivity index (χ4v) is 0. The summed E-state index contributed by atoms with van der Waals surface area (Å²) in [5.41, 5.74) is 0. The van der Waals surface area contributed by atoms with E-state index in [4.69, 9.17) is 4.43 Å². The van der Waals surface area contributed by atoms with Gasteiger partial charge in [0, 0.05) is 0 Å². The first-order chi connectivity index (χ1) is 2.56. The van der Waals surface area contributed by atoms with Gasteiger partial charge in [-0.3, -0.25) is 0 Å². The summed E-state index contributed by atoms with van der Waals surface area (Å²) in [5, 5.41) is 0. The second-order valence-electron chi connectivity index (χ2n) is 2.26. The van der Waals surface area contributed by atoms with Gasteiger partial charge in [-0.25, -0.2) is 7.11 Å². The number of rotatable bonds is 1. The Balaban J connectivity index is -0.0000000417. The van der Waals surface area contributed by atoms with Crippen molar-refractivity contribution < 1.29 is 26.8 Å². The average Bonchev–Trinajstić information content (AvgIpc) is 1.35. The van der Waals surface area contributed by atoms with Crippen molar-refractivity contribution >= 4 is 8.32 Å². The van der Waals surface area contributed by atoms with E-state index in [0.29, 0.717) is 0 Å². The quantitative estimate of drug-likeness (QED) is 0.530. The summed E-state index contributed by atoms with van der Waals surface area (Å²) >= 11 is 0. The van der Waals surface area contributed by atoms with Crippen molar-refractivity contribution in [3.8, 4) is 0 Å². The zero-order chi connectivity index (χ0) is 5.21. The third-order valence-electron chi connectivity index (χ3n) is 0.433. The Bertz CT molecular complexity index is 42.8. The van der Waals surface area contributed by atoms with E-state index in [9.17, 15) is 0 Å². The van der Waals surface area contributed by atoms with Gasteiger partial charge >= 0.3 is 22.4 Å². The summed E-state index contributed by atoms with van der Waals surface area (Å²) < 4.78 is 4.83. The van der Waals surface area contributed by atoms with Crippen LogP contribution in [0.4, 0.5) is 0 Å². The van der Waals surface area contributed by atoms with Gasteiger partial charge in [-0.15, -0.1) is 0 Å². The van der Waals surface area contributed by atoms with Crippen LogP contribution in [0.3, 0.4) is 0 Å². The SMILES string of the molecule is [Au+3].[CH2-]O[Si](C)(C)C.[CH3-].[CH3-]. The van der Waals surface area contributed by atoms with Gasteiger partial charge in [0.05, 0.1) is 0 Å². The maximum absolute atomic E-state index is 4.83. The Morgan fingerprint density at radius 2 is 1.22 bits per heavy atom. The number of hydrogen-bond donors (Lipinski definition) is 0. The summed E-state index contributed by atoms with van der Waals surface area (Å²) in [7, 11) is 2.08. The van der Waals surface area contributed by atoms with E-state index in [1.165, 1.54) is 0 Å². The first-order valence-electron chi connectivity index (χ1n) is 1.99. The van der Waals surface area contributed by atoms with Gasteiger partial charge in [0.1, 0.15) is 8.32 Å². The van der Waals surface area contributed by atoms with Crippen LogP contribution < -0.4 is 0 Å². The molecule has 0 unspecified atom stereocenters. The van der Waals surface area contributed by atoms with Crippen LogP contribution in [-0.4, -0.2) is 8.32 Å². The minimum Gasteiger partial charge on any atom is -0.596 e. The Kier molecular flexibility index (Phi) is 22.3. The minimum atomic E-state index is -1.24. The van der Waals surface area contributed by atoms with E-state index < -0.39 is 8.32 Å². The zero-order valence-electron chi connectivity index (χ0n) is 6.92. The van der Waals surface area contributed by atoms with Gasteiger partial charge in [0.25, 0.3) is 0 Å². The summed E-state index contributed by atoms with van der Waals surface area (Å²) in [6.45, 7) is 6.29. The van der Waals surface area contributed by atoms with Crippen LogP contribution in [0.5, 0.6) is 0 Å². The molecule has 0 aromatic heterocycles. The van der Waals surface area contributed by atoms with Gasteiger partial charge in [0.2, 0.25) is 0 Å². The molecule has 0 spiro atoms. The van der Waals surface area contributed by atoms with Crippen LogP contribution in [0.1, 0.15) is 0 Å². The van der Waals surface area contributed by atoms with Gasteiger partial charge in [-0.1, -0.05) is 0 Å². The van der Waals surface area contributed by atoms with Gasteiger partial charge in [0.15, 0.2) is 0 Å². The van der Waals surface area contributed by atoms with Crippen LogP contribution in [-0.2, 0) is 26.8 Å². The molecule has 0 bridgehead atoms. The molecule has 0 rings (SSSR count). The van der Waals surface area contributed by atoms with E-state index >= 15 is 0 Å². The fraction of sp³-hybridized carbons (Fsp3) is 0.500. The minimum absolute atomic E-state index is 0. The van der Waals surface area contributed by atoms with Gasteiger partial charge in [-0.2, -0.15) is 0 Å². The third-order valence-corrected chi connectivity index (χ3v) is 1.30. The van der Waals surface area contributed by atoms with E-state index in [2.05, 4.69) is 26.8 Å². The average molecular weight is 330 g/mol. The van der Waals surface area contributed by atoms with E-state index in [1.54, 1.807) is 0 Å². The summed E-state index contributed by atoms with van der Waals surface area (Å²) in [5.74, 6) is 0. The fourth-order valence-electron chi connectivity index (χ4n) is 0. The molecule has 0 aliphatic carbocycles. The Morgan fingerprint density at radius 1 is 1.11 bits per heavy atom. The normalized spacial score (nSPS) is 8.00. The smallest absolute Gasteiger partial charge is 0.596 e. The molecule has 0 heterocycles. The molecule has 3 heteroatoms. The van der Waals surface area contributed by atoms with E-state index in [1.807, 2.05) is 0 Å². The van der Waals surface area contributed by atoms with Crippen LogP contribution in [0.15, 0.2) is 0 Å². The summed E-state index contributed by atoms with van der Waals surface area (Å²) in [6, 6.07) is 0. The Morgan fingerprint density at radius 3 is 1.22 bits per heavy atom. The topological polar surface area (TPSA) is 9.23 Å². The van der Waals surface area contributed by atoms with Crippen molar-refractivity contribution in [1.29, 1.82) is 0 Å². The molecule has 0 aliphatic rings. The van der Waals surface area contributed by atoms with Gasteiger partial charge in [-0.05, 0) is 19.6 Å². The molecule has 9 heavy (non-hydrogen) atoms. The number of hydrogen-bond acceptors (Lipinski definition) is 1. The molecule has 0 N–H and O–H groups in total. The van der Waals surface area contributed by atoms with Crippen molar-refractivity contribution in [2.75, 3.05) is 0 Å². The van der Waals surface area contributed by atoms with Crippen molar-refractivity contribution in [3.05, 3.63) is 22.0 Å². The van der Waals surface area contributed by atoms with Crippen molar-refractivity contribution in [2.45, 2.75) is 19.6 Å². The van der Waals surface area contributed by atoms with Crippen LogP contribution in [0.25, 0.3) is 0 Å². The Labute approximate surface area is 76.8 Å². The molecule has 0 amide bonds. The second kappa shape index (κ2) is 8.92. The van der Waals surface area contributed by atoms with Crippen molar-refractivity contribution in [2.24, 2.45) is 0 Å². The van der Waals surface area contributed by atoms with E-state index in [0.717, 1.165) is 0 Å². The van der Waals surface area contributed by atoms with Crippen LogP contribution >= 0.6 is 0 Å². The molecule has 62 valence electrons. The predicted molar refractivity (Wildman–Crippen MR) is 42.6 cm³/mol. The molecule has 0 atom stereocenters.